The smallest absolute Gasteiger partial charge is 0.254 e. The fourth-order valence-corrected chi connectivity index (χ4v) is 3.43. The molecular formula is C18H22N2O. The number of benzene rings is 2. The van der Waals surface area contributed by atoms with Gasteiger partial charge in [0.25, 0.3) is 5.91 Å². The van der Waals surface area contributed by atoms with Gasteiger partial charge in [-0.15, -0.1) is 0 Å². The Hall–Kier alpha value is -1.87. The molecule has 2 atom stereocenters. The molecular weight excluding hydrogens is 260 g/mol. The normalized spacial score (nSPS) is 22.5. The number of amides is 1. The molecule has 0 radical (unpaired) electrons. The van der Waals surface area contributed by atoms with Gasteiger partial charge in [-0.25, -0.2) is 0 Å². The van der Waals surface area contributed by atoms with Gasteiger partial charge in [-0.3, -0.25) is 4.79 Å². The maximum absolute atomic E-state index is 13.0. The van der Waals surface area contributed by atoms with Gasteiger partial charge in [-0.05, 0) is 35.6 Å². The van der Waals surface area contributed by atoms with E-state index in [-0.39, 0.29) is 11.9 Å². The van der Waals surface area contributed by atoms with Crippen LogP contribution in [0.5, 0.6) is 0 Å². The Morgan fingerprint density at radius 1 is 1.24 bits per heavy atom. The third kappa shape index (κ3) is 2.54. The van der Waals surface area contributed by atoms with Crippen molar-refractivity contribution in [3.05, 3.63) is 48.0 Å². The molecule has 2 aromatic rings. The van der Waals surface area contributed by atoms with E-state index in [2.05, 4.69) is 6.92 Å². The average molecular weight is 282 g/mol. The topological polar surface area (TPSA) is 46.3 Å². The molecule has 1 aliphatic rings. The molecule has 1 amide bonds. The molecule has 0 spiro atoms. The maximum Gasteiger partial charge on any atom is 0.254 e. The summed E-state index contributed by atoms with van der Waals surface area (Å²) in [5.41, 5.74) is 6.71. The number of likely N-dealkylation sites (tertiary alicyclic amines) is 1. The highest BCUT2D eigenvalue weighted by Gasteiger charge is 2.31. The van der Waals surface area contributed by atoms with Crippen LogP contribution in [0, 0.1) is 5.92 Å². The number of hydrogen-bond acceptors (Lipinski definition) is 2. The van der Waals surface area contributed by atoms with E-state index in [1.807, 2.05) is 47.4 Å². The number of hydrogen-bond donors (Lipinski definition) is 1. The molecule has 2 N–H and O–H groups in total. The van der Waals surface area contributed by atoms with Gasteiger partial charge in [-0.2, -0.15) is 0 Å². The summed E-state index contributed by atoms with van der Waals surface area (Å²) in [6.07, 6.45) is 2.22. The quantitative estimate of drug-likeness (QED) is 0.920. The lowest BCUT2D eigenvalue weighted by molar-refractivity contribution is 0.0534. The van der Waals surface area contributed by atoms with Crippen LogP contribution in [0.4, 0.5) is 0 Å². The molecule has 1 aliphatic heterocycles. The number of carbonyl (C=O) groups excluding carboxylic acids is 1. The van der Waals surface area contributed by atoms with Crippen molar-refractivity contribution in [1.82, 2.24) is 4.90 Å². The van der Waals surface area contributed by atoms with E-state index in [0.717, 1.165) is 35.7 Å². The van der Waals surface area contributed by atoms with Gasteiger partial charge in [0.05, 0.1) is 0 Å². The van der Waals surface area contributed by atoms with Gasteiger partial charge in [0, 0.05) is 24.7 Å². The van der Waals surface area contributed by atoms with Crippen molar-refractivity contribution in [2.45, 2.75) is 25.8 Å². The second-order valence-electron chi connectivity index (χ2n) is 5.95. The summed E-state index contributed by atoms with van der Waals surface area (Å²) >= 11 is 0. The Morgan fingerprint density at radius 3 is 2.81 bits per heavy atom. The van der Waals surface area contributed by atoms with Crippen molar-refractivity contribution in [3.63, 3.8) is 0 Å². The monoisotopic (exact) mass is 282 g/mol. The van der Waals surface area contributed by atoms with E-state index in [1.165, 1.54) is 0 Å². The Labute approximate surface area is 125 Å². The lowest BCUT2D eigenvalue weighted by atomic mass is 9.90. The highest BCUT2D eigenvalue weighted by molar-refractivity contribution is 6.07. The fourth-order valence-electron chi connectivity index (χ4n) is 3.43. The van der Waals surface area contributed by atoms with Crippen molar-refractivity contribution < 1.29 is 4.79 Å². The number of nitrogens with two attached hydrogens (primary N) is 1. The van der Waals surface area contributed by atoms with Crippen LogP contribution in [0.25, 0.3) is 10.8 Å². The number of nitrogens with zero attached hydrogens (tertiary/aromatic N) is 1. The van der Waals surface area contributed by atoms with E-state index in [4.69, 9.17) is 5.73 Å². The molecule has 21 heavy (non-hydrogen) atoms. The third-order valence-electron chi connectivity index (χ3n) is 4.64. The van der Waals surface area contributed by atoms with Crippen LogP contribution in [0.15, 0.2) is 42.5 Å². The lowest BCUT2D eigenvalue weighted by Gasteiger charge is -2.39. The summed E-state index contributed by atoms with van der Waals surface area (Å²) in [6, 6.07) is 14.1. The molecule has 1 fully saturated rings. The summed E-state index contributed by atoms with van der Waals surface area (Å²) in [4.78, 5) is 15.0. The second kappa shape index (κ2) is 5.86. The van der Waals surface area contributed by atoms with Crippen LogP contribution < -0.4 is 5.73 Å². The summed E-state index contributed by atoms with van der Waals surface area (Å²) in [6.45, 7) is 3.55. The first-order chi connectivity index (χ1) is 10.2. The first-order valence-electron chi connectivity index (χ1n) is 7.71. The summed E-state index contributed by atoms with van der Waals surface area (Å²) in [5.74, 6) is 0.594. The molecule has 3 heteroatoms. The van der Waals surface area contributed by atoms with E-state index in [1.54, 1.807) is 0 Å². The van der Waals surface area contributed by atoms with E-state index in [9.17, 15) is 4.79 Å². The zero-order valence-electron chi connectivity index (χ0n) is 12.5. The number of rotatable bonds is 2. The molecule has 110 valence electrons. The second-order valence-corrected chi connectivity index (χ2v) is 5.95. The first kappa shape index (κ1) is 14.1. The van der Waals surface area contributed by atoms with Crippen LogP contribution >= 0.6 is 0 Å². The highest BCUT2D eigenvalue weighted by Crippen LogP contribution is 2.26. The zero-order valence-corrected chi connectivity index (χ0v) is 12.5. The molecule has 0 saturated carbocycles. The molecule has 2 aromatic carbocycles. The minimum absolute atomic E-state index is 0.119. The van der Waals surface area contributed by atoms with Gasteiger partial charge in [-0.1, -0.05) is 43.3 Å². The fraction of sp³-hybridized carbons (Fsp3) is 0.389. The maximum atomic E-state index is 13.0. The molecule has 0 aromatic heterocycles. The third-order valence-corrected chi connectivity index (χ3v) is 4.64. The average Bonchev–Trinajstić information content (AvgIpc) is 2.53. The van der Waals surface area contributed by atoms with Crippen molar-refractivity contribution in [2.24, 2.45) is 11.7 Å². The molecule has 0 aliphatic carbocycles. The van der Waals surface area contributed by atoms with Crippen LogP contribution in [0.2, 0.25) is 0 Å². The van der Waals surface area contributed by atoms with Gasteiger partial charge in [0.2, 0.25) is 0 Å². The van der Waals surface area contributed by atoms with Crippen LogP contribution in [0.3, 0.4) is 0 Å². The lowest BCUT2D eigenvalue weighted by Crippen LogP contribution is -2.51. The predicted octanol–water partition coefficient (Wildman–Crippen LogP) is 3.04. The van der Waals surface area contributed by atoms with Crippen LogP contribution in [0.1, 0.15) is 30.1 Å². The SMILES string of the molecule is CC1CCCN(C(=O)c2cccc3ccccc23)C1CN. The Bertz CT molecular complexity index is 647. The Morgan fingerprint density at radius 2 is 2.00 bits per heavy atom. The Balaban J connectivity index is 2.00. The van der Waals surface area contributed by atoms with Gasteiger partial charge in [0.1, 0.15) is 0 Å². The Kier molecular flexibility index (Phi) is 3.93. The number of fused-ring (bicyclic) bond motifs is 1. The van der Waals surface area contributed by atoms with Gasteiger partial charge >= 0.3 is 0 Å². The predicted molar refractivity (Wildman–Crippen MR) is 86.2 cm³/mol. The summed E-state index contributed by atoms with van der Waals surface area (Å²) in [5, 5.41) is 2.14. The van der Waals surface area contributed by atoms with E-state index < -0.39 is 0 Å². The molecule has 1 saturated heterocycles. The molecule has 1 heterocycles. The van der Waals surface area contributed by atoms with Crippen molar-refractivity contribution in [1.29, 1.82) is 0 Å². The molecule has 3 rings (SSSR count). The van der Waals surface area contributed by atoms with Crippen molar-refractivity contribution >= 4 is 16.7 Å². The van der Waals surface area contributed by atoms with Crippen LogP contribution in [-0.2, 0) is 0 Å². The zero-order chi connectivity index (χ0) is 14.8. The summed E-state index contributed by atoms with van der Waals surface area (Å²) in [7, 11) is 0. The number of carbonyl (C=O) groups is 1. The molecule has 0 bridgehead atoms. The largest absolute Gasteiger partial charge is 0.334 e. The van der Waals surface area contributed by atoms with E-state index in [0.29, 0.717) is 12.5 Å². The minimum atomic E-state index is 0.119. The van der Waals surface area contributed by atoms with Crippen LogP contribution in [-0.4, -0.2) is 29.9 Å². The standard InChI is InChI=1S/C18H22N2O/c1-13-6-5-11-20(17(13)12-19)18(21)16-10-4-8-14-7-2-3-9-15(14)16/h2-4,7-10,13,17H,5-6,11-12,19H2,1H3. The molecule has 2 unspecified atom stereocenters. The molecule has 3 nitrogen and oxygen atoms in total. The van der Waals surface area contributed by atoms with Crippen molar-refractivity contribution in [2.75, 3.05) is 13.1 Å². The van der Waals surface area contributed by atoms with Crippen molar-refractivity contribution in [3.8, 4) is 0 Å². The summed E-state index contributed by atoms with van der Waals surface area (Å²) < 4.78 is 0. The highest BCUT2D eigenvalue weighted by atomic mass is 16.2. The first-order valence-corrected chi connectivity index (χ1v) is 7.71. The van der Waals surface area contributed by atoms with Gasteiger partial charge in [0.15, 0.2) is 0 Å². The van der Waals surface area contributed by atoms with E-state index >= 15 is 0 Å². The van der Waals surface area contributed by atoms with Gasteiger partial charge < -0.3 is 10.6 Å². The number of piperidine rings is 1. The minimum Gasteiger partial charge on any atom is -0.334 e.